The molecular weight excluding hydrogens is 253 g/mol. The molecule has 0 radical (unpaired) electrons. The van der Waals surface area contributed by atoms with Crippen molar-refractivity contribution in [3.05, 3.63) is 27.3 Å². The van der Waals surface area contributed by atoms with Gasteiger partial charge in [-0.2, -0.15) is 0 Å². The van der Waals surface area contributed by atoms with Crippen LogP contribution in [0.1, 0.15) is 18.5 Å². The van der Waals surface area contributed by atoms with Crippen LogP contribution in [0.15, 0.2) is 18.2 Å². The predicted molar refractivity (Wildman–Crippen MR) is 53.4 cm³/mol. The standard InChI is InChI=1S/C8H10INO/c1-5(10)7-4-6(9)2-3-8(7)11/h2-5,11H,10H2,1H3/t5-/m0/s1. The van der Waals surface area contributed by atoms with Gasteiger partial charge in [-0.15, -0.1) is 0 Å². The Kier molecular flexibility index (Phi) is 2.72. The lowest BCUT2D eigenvalue weighted by Crippen LogP contribution is -2.05. The summed E-state index contributed by atoms with van der Waals surface area (Å²) in [6, 6.07) is 5.30. The SMILES string of the molecule is C[C@H](N)c1cc(I)ccc1O. The lowest BCUT2D eigenvalue weighted by Gasteiger charge is -2.07. The van der Waals surface area contributed by atoms with Crippen LogP contribution in [0.25, 0.3) is 0 Å². The fraction of sp³-hybridized carbons (Fsp3) is 0.250. The molecular formula is C8H10INO. The van der Waals surface area contributed by atoms with Crippen molar-refractivity contribution in [2.45, 2.75) is 13.0 Å². The van der Waals surface area contributed by atoms with Gasteiger partial charge in [-0.05, 0) is 47.7 Å². The van der Waals surface area contributed by atoms with E-state index in [2.05, 4.69) is 22.6 Å². The third-order valence-electron chi connectivity index (χ3n) is 1.48. The normalized spacial score (nSPS) is 13.0. The van der Waals surface area contributed by atoms with Crippen LogP contribution in [-0.4, -0.2) is 5.11 Å². The van der Waals surface area contributed by atoms with Crippen LogP contribution < -0.4 is 5.73 Å². The van der Waals surface area contributed by atoms with Crippen molar-refractivity contribution >= 4 is 22.6 Å². The van der Waals surface area contributed by atoms with Crippen molar-refractivity contribution < 1.29 is 5.11 Å². The Morgan fingerprint density at radius 3 is 2.64 bits per heavy atom. The lowest BCUT2D eigenvalue weighted by atomic mass is 10.1. The first-order valence-electron chi connectivity index (χ1n) is 3.35. The van der Waals surface area contributed by atoms with E-state index in [9.17, 15) is 5.11 Å². The highest BCUT2D eigenvalue weighted by molar-refractivity contribution is 14.1. The molecule has 0 aliphatic rings. The van der Waals surface area contributed by atoms with Gasteiger partial charge < -0.3 is 10.8 Å². The minimum Gasteiger partial charge on any atom is -0.508 e. The van der Waals surface area contributed by atoms with E-state index in [0.29, 0.717) is 0 Å². The van der Waals surface area contributed by atoms with E-state index in [1.165, 1.54) is 0 Å². The number of rotatable bonds is 1. The third kappa shape index (κ3) is 2.07. The third-order valence-corrected chi connectivity index (χ3v) is 2.15. The molecule has 1 rings (SSSR count). The summed E-state index contributed by atoms with van der Waals surface area (Å²) >= 11 is 2.19. The summed E-state index contributed by atoms with van der Waals surface area (Å²) in [7, 11) is 0. The van der Waals surface area contributed by atoms with Crippen LogP contribution in [0.4, 0.5) is 0 Å². The lowest BCUT2D eigenvalue weighted by molar-refractivity contribution is 0.463. The number of phenolic OH excluding ortho intramolecular Hbond substituents is 1. The molecule has 1 aromatic rings. The molecule has 3 heteroatoms. The Morgan fingerprint density at radius 2 is 2.18 bits per heavy atom. The van der Waals surface area contributed by atoms with Gasteiger partial charge in [0.15, 0.2) is 0 Å². The average Bonchev–Trinajstić information content (AvgIpc) is 1.94. The van der Waals surface area contributed by atoms with Gasteiger partial charge in [0.2, 0.25) is 0 Å². The Bertz CT molecular complexity index is 260. The number of aromatic hydroxyl groups is 1. The number of hydrogen-bond acceptors (Lipinski definition) is 2. The molecule has 0 fully saturated rings. The van der Waals surface area contributed by atoms with E-state index in [1.807, 2.05) is 19.1 Å². The molecule has 1 atom stereocenters. The molecule has 0 spiro atoms. The van der Waals surface area contributed by atoms with Crippen molar-refractivity contribution in [2.24, 2.45) is 5.73 Å². The average molecular weight is 263 g/mol. The smallest absolute Gasteiger partial charge is 0.120 e. The fourth-order valence-corrected chi connectivity index (χ4v) is 1.41. The van der Waals surface area contributed by atoms with E-state index in [4.69, 9.17) is 5.73 Å². The van der Waals surface area contributed by atoms with E-state index in [1.54, 1.807) is 6.07 Å². The second-order valence-corrected chi connectivity index (χ2v) is 3.74. The van der Waals surface area contributed by atoms with E-state index in [0.717, 1.165) is 9.13 Å². The highest BCUT2D eigenvalue weighted by Crippen LogP contribution is 2.23. The summed E-state index contributed by atoms with van der Waals surface area (Å²) in [6.45, 7) is 1.85. The second kappa shape index (κ2) is 3.40. The topological polar surface area (TPSA) is 46.2 Å². The molecule has 0 heterocycles. The molecule has 0 unspecified atom stereocenters. The van der Waals surface area contributed by atoms with Crippen LogP contribution in [0.3, 0.4) is 0 Å². The molecule has 2 nitrogen and oxygen atoms in total. The molecule has 0 saturated heterocycles. The first-order valence-corrected chi connectivity index (χ1v) is 4.43. The summed E-state index contributed by atoms with van der Waals surface area (Å²) in [4.78, 5) is 0. The fourth-order valence-electron chi connectivity index (χ4n) is 0.890. The summed E-state index contributed by atoms with van der Waals surface area (Å²) in [5, 5.41) is 9.32. The van der Waals surface area contributed by atoms with Crippen LogP contribution in [0.5, 0.6) is 5.75 Å². The van der Waals surface area contributed by atoms with Gasteiger partial charge in [-0.3, -0.25) is 0 Å². The first-order chi connectivity index (χ1) is 5.11. The largest absolute Gasteiger partial charge is 0.508 e. The Labute approximate surface area is 79.6 Å². The molecule has 0 aromatic heterocycles. The van der Waals surface area contributed by atoms with Crippen molar-refractivity contribution in [2.75, 3.05) is 0 Å². The molecule has 60 valence electrons. The molecule has 3 N–H and O–H groups in total. The van der Waals surface area contributed by atoms with Crippen LogP contribution in [0.2, 0.25) is 0 Å². The van der Waals surface area contributed by atoms with E-state index >= 15 is 0 Å². The van der Waals surface area contributed by atoms with Gasteiger partial charge in [0.05, 0.1) is 0 Å². The van der Waals surface area contributed by atoms with Crippen LogP contribution in [-0.2, 0) is 0 Å². The number of nitrogens with two attached hydrogens (primary N) is 1. The Morgan fingerprint density at radius 1 is 1.55 bits per heavy atom. The zero-order valence-electron chi connectivity index (χ0n) is 6.21. The monoisotopic (exact) mass is 263 g/mol. The van der Waals surface area contributed by atoms with Crippen molar-refractivity contribution in [1.29, 1.82) is 0 Å². The van der Waals surface area contributed by atoms with Crippen LogP contribution >= 0.6 is 22.6 Å². The van der Waals surface area contributed by atoms with Crippen molar-refractivity contribution in [3.63, 3.8) is 0 Å². The zero-order valence-corrected chi connectivity index (χ0v) is 8.37. The number of halogens is 1. The molecule has 0 saturated carbocycles. The van der Waals surface area contributed by atoms with Crippen molar-refractivity contribution in [1.82, 2.24) is 0 Å². The van der Waals surface area contributed by atoms with E-state index < -0.39 is 0 Å². The minimum absolute atomic E-state index is 0.107. The van der Waals surface area contributed by atoms with Gasteiger partial charge >= 0.3 is 0 Å². The molecule has 0 amide bonds. The maximum atomic E-state index is 9.32. The van der Waals surface area contributed by atoms with Gasteiger partial charge in [0.1, 0.15) is 5.75 Å². The quantitative estimate of drug-likeness (QED) is 0.761. The van der Waals surface area contributed by atoms with Crippen LogP contribution in [0, 0.1) is 3.57 Å². The highest BCUT2D eigenvalue weighted by Gasteiger charge is 2.05. The van der Waals surface area contributed by atoms with E-state index in [-0.39, 0.29) is 11.8 Å². The van der Waals surface area contributed by atoms with Crippen molar-refractivity contribution in [3.8, 4) is 5.75 Å². The molecule has 11 heavy (non-hydrogen) atoms. The summed E-state index contributed by atoms with van der Waals surface area (Å²) in [5.41, 5.74) is 6.42. The maximum Gasteiger partial charge on any atom is 0.120 e. The zero-order chi connectivity index (χ0) is 8.43. The van der Waals surface area contributed by atoms with Gasteiger partial charge in [-0.25, -0.2) is 0 Å². The highest BCUT2D eigenvalue weighted by atomic mass is 127. The number of hydrogen-bond donors (Lipinski definition) is 2. The maximum absolute atomic E-state index is 9.32. The Hall–Kier alpha value is -0.290. The first kappa shape index (κ1) is 8.80. The molecule has 0 aliphatic heterocycles. The second-order valence-electron chi connectivity index (χ2n) is 2.49. The predicted octanol–water partition coefficient (Wildman–Crippen LogP) is 2.02. The van der Waals surface area contributed by atoms with Gasteiger partial charge in [0, 0.05) is 15.2 Å². The molecule has 0 bridgehead atoms. The van der Waals surface area contributed by atoms with Gasteiger partial charge in [0.25, 0.3) is 0 Å². The summed E-state index contributed by atoms with van der Waals surface area (Å²) < 4.78 is 1.09. The Balaban J connectivity index is 3.13. The summed E-state index contributed by atoms with van der Waals surface area (Å²) in [6.07, 6.45) is 0. The number of phenols is 1. The molecule has 1 aromatic carbocycles. The van der Waals surface area contributed by atoms with Gasteiger partial charge in [-0.1, -0.05) is 0 Å². The molecule has 0 aliphatic carbocycles. The summed E-state index contributed by atoms with van der Waals surface area (Å²) in [5.74, 6) is 0.278. The minimum atomic E-state index is -0.107. The number of benzene rings is 1.